The predicted molar refractivity (Wildman–Crippen MR) is 102 cm³/mol. The number of carbonyl (C=O) groups excluding carboxylic acids is 1. The Morgan fingerprint density at radius 2 is 1.72 bits per heavy atom. The summed E-state index contributed by atoms with van der Waals surface area (Å²) in [5.74, 6) is 0.00396. The molecular formula is C21H24N2O2. The minimum atomic E-state index is -0.0668. The molecule has 0 aliphatic carbocycles. The van der Waals surface area contributed by atoms with E-state index < -0.39 is 0 Å². The molecule has 25 heavy (non-hydrogen) atoms. The molecule has 0 heterocycles. The van der Waals surface area contributed by atoms with Crippen molar-refractivity contribution in [1.29, 1.82) is 10.8 Å². The lowest BCUT2D eigenvalue weighted by Crippen LogP contribution is -2.12. The number of ether oxygens (including phenoxy) is 1. The van der Waals surface area contributed by atoms with Crippen molar-refractivity contribution in [3.63, 3.8) is 0 Å². The van der Waals surface area contributed by atoms with Gasteiger partial charge in [0.05, 0.1) is 0 Å². The van der Waals surface area contributed by atoms with Crippen LogP contribution in [0.5, 0.6) is 0 Å². The van der Waals surface area contributed by atoms with Gasteiger partial charge in [0.2, 0.25) is 5.90 Å². The number of ketones is 1. The smallest absolute Gasteiger partial charge is 0.220 e. The molecule has 2 N–H and O–H groups in total. The van der Waals surface area contributed by atoms with Gasteiger partial charge < -0.3 is 4.74 Å². The third-order valence-corrected chi connectivity index (χ3v) is 4.02. The molecule has 0 saturated heterocycles. The summed E-state index contributed by atoms with van der Waals surface area (Å²) in [6.45, 7) is 7.38. The summed E-state index contributed by atoms with van der Waals surface area (Å²) in [7, 11) is 0. The first-order valence-corrected chi connectivity index (χ1v) is 8.43. The number of nitrogens with one attached hydrogen (secondary N) is 2. The number of Topliss-reactive ketones (excluding diaryl/α,β-unsaturated/α-hetero) is 1. The lowest BCUT2D eigenvalue weighted by Gasteiger charge is -2.15. The second kappa shape index (κ2) is 7.88. The molecule has 130 valence electrons. The fraction of sp³-hybridized carbons (Fsp3) is 0.286. The zero-order valence-electron chi connectivity index (χ0n) is 15.1. The summed E-state index contributed by atoms with van der Waals surface area (Å²) < 4.78 is 5.02. The van der Waals surface area contributed by atoms with Crippen molar-refractivity contribution in [3.05, 3.63) is 59.2 Å². The average Bonchev–Trinajstić information content (AvgIpc) is 2.59. The molecule has 0 spiro atoms. The highest BCUT2D eigenvalue weighted by atomic mass is 16.5. The Balaban J connectivity index is 2.47. The molecule has 0 bridgehead atoms. The Bertz CT molecular complexity index is 805. The normalized spacial score (nSPS) is 10.6. The van der Waals surface area contributed by atoms with Crippen LogP contribution in [0.1, 0.15) is 49.2 Å². The topological polar surface area (TPSA) is 74.0 Å². The molecule has 0 saturated carbocycles. The molecule has 0 fully saturated rings. The molecular weight excluding hydrogens is 312 g/mol. The van der Waals surface area contributed by atoms with Gasteiger partial charge in [0.15, 0.2) is 11.7 Å². The maximum atomic E-state index is 12.7. The summed E-state index contributed by atoms with van der Waals surface area (Å²) in [5.41, 5.74) is 4.28. The Labute approximate surface area is 148 Å². The highest BCUT2D eigenvalue weighted by molar-refractivity contribution is 6.05. The molecule has 2 aromatic carbocycles. The lowest BCUT2D eigenvalue weighted by molar-refractivity contribution is 0.0939. The van der Waals surface area contributed by atoms with E-state index in [9.17, 15) is 4.79 Å². The van der Waals surface area contributed by atoms with E-state index in [1.807, 2.05) is 44.2 Å². The van der Waals surface area contributed by atoms with Gasteiger partial charge in [-0.1, -0.05) is 51.1 Å². The second-order valence-corrected chi connectivity index (χ2v) is 6.28. The molecule has 0 radical (unpaired) electrons. The van der Waals surface area contributed by atoms with Gasteiger partial charge >= 0.3 is 0 Å². The number of carbonyl (C=O) groups is 1. The molecule has 0 unspecified atom stereocenters. The molecule has 2 rings (SSSR count). The largest absolute Gasteiger partial charge is 0.426 e. The number of hydrogen-bond donors (Lipinski definition) is 2. The van der Waals surface area contributed by atoms with Crippen LogP contribution in [0.15, 0.2) is 42.5 Å². The van der Waals surface area contributed by atoms with Crippen molar-refractivity contribution < 1.29 is 9.53 Å². The highest BCUT2D eigenvalue weighted by Crippen LogP contribution is 2.29. The average molecular weight is 336 g/mol. The first kappa shape index (κ1) is 18.6. The van der Waals surface area contributed by atoms with Gasteiger partial charge in [-0.15, -0.1) is 0 Å². The van der Waals surface area contributed by atoms with Crippen molar-refractivity contribution in [2.24, 2.45) is 5.92 Å². The van der Waals surface area contributed by atoms with Gasteiger partial charge in [0.25, 0.3) is 0 Å². The summed E-state index contributed by atoms with van der Waals surface area (Å²) >= 11 is 0. The Kier molecular flexibility index (Phi) is 5.86. The SMILES string of the molecule is CCc1cccc(-c2ccc(C(=N)OC(C)=N)cc2)c1C(=O)C(C)C. The lowest BCUT2D eigenvalue weighted by atomic mass is 9.88. The molecule has 2 aromatic rings. The monoisotopic (exact) mass is 336 g/mol. The third-order valence-electron chi connectivity index (χ3n) is 4.02. The minimum Gasteiger partial charge on any atom is -0.426 e. The zero-order valence-corrected chi connectivity index (χ0v) is 15.1. The van der Waals surface area contributed by atoms with Gasteiger partial charge in [0, 0.05) is 24.0 Å². The van der Waals surface area contributed by atoms with E-state index in [0.717, 1.165) is 28.7 Å². The van der Waals surface area contributed by atoms with E-state index >= 15 is 0 Å². The van der Waals surface area contributed by atoms with E-state index in [-0.39, 0.29) is 23.5 Å². The summed E-state index contributed by atoms with van der Waals surface area (Å²) in [4.78, 5) is 12.7. The molecule has 4 nitrogen and oxygen atoms in total. The van der Waals surface area contributed by atoms with Gasteiger partial charge in [-0.2, -0.15) is 0 Å². The molecule has 0 atom stereocenters. The standard InChI is InChI=1S/C21H24N2O2/c1-5-15-7-6-8-18(19(15)20(24)13(2)3)16-9-11-17(12-10-16)21(23)25-14(4)22/h6-13,22-23H,5H2,1-4H3. The van der Waals surface area contributed by atoms with E-state index in [1.165, 1.54) is 6.92 Å². The Morgan fingerprint density at radius 1 is 1.08 bits per heavy atom. The third kappa shape index (κ3) is 4.21. The number of rotatable bonds is 5. The maximum Gasteiger partial charge on any atom is 0.220 e. The Hall–Kier alpha value is -2.75. The fourth-order valence-electron chi connectivity index (χ4n) is 2.73. The fourth-order valence-corrected chi connectivity index (χ4v) is 2.73. The number of aryl methyl sites for hydroxylation is 1. The van der Waals surface area contributed by atoms with Crippen molar-refractivity contribution in [1.82, 2.24) is 0 Å². The molecule has 0 aliphatic heterocycles. The van der Waals surface area contributed by atoms with Gasteiger partial charge in [-0.3, -0.25) is 15.6 Å². The molecule has 0 aliphatic rings. The number of benzene rings is 2. The second-order valence-electron chi connectivity index (χ2n) is 6.28. The van der Waals surface area contributed by atoms with E-state index in [4.69, 9.17) is 15.6 Å². The Morgan fingerprint density at radius 3 is 2.24 bits per heavy atom. The molecule has 0 aromatic heterocycles. The van der Waals surface area contributed by atoms with Gasteiger partial charge in [-0.25, -0.2) is 0 Å². The number of hydrogen-bond acceptors (Lipinski definition) is 4. The van der Waals surface area contributed by atoms with Crippen LogP contribution in [0.3, 0.4) is 0 Å². The first-order chi connectivity index (χ1) is 11.8. The van der Waals surface area contributed by atoms with Crippen LogP contribution < -0.4 is 0 Å². The summed E-state index contributed by atoms with van der Waals surface area (Å²) in [6.07, 6.45) is 0.802. The van der Waals surface area contributed by atoms with Crippen LogP contribution >= 0.6 is 0 Å². The highest BCUT2D eigenvalue weighted by Gasteiger charge is 2.19. The zero-order chi connectivity index (χ0) is 18.6. The van der Waals surface area contributed by atoms with Crippen molar-refractivity contribution in [3.8, 4) is 11.1 Å². The predicted octanol–water partition coefficient (Wildman–Crippen LogP) is 5.09. The van der Waals surface area contributed by atoms with Crippen LogP contribution in [0.25, 0.3) is 11.1 Å². The van der Waals surface area contributed by atoms with E-state index in [0.29, 0.717) is 5.56 Å². The van der Waals surface area contributed by atoms with Crippen LogP contribution in [0.4, 0.5) is 0 Å². The summed E-state index contributed by atoms with van der Waals surface area (Å²) in [6, 6.07) is 13.3. The summed E-state index contributed by atoms with van der Waals surface area (Å²) in [5, 5.41) is 15.2. The van der Waals surface area contributed by atoms with Crippen LogP contribution in [-0.4, -0.2) is 17.6 Å². The minimum absolute atomic E-state index is 0.0189. The van der Waals surface area contributed by atoms with Crippen molar-refractivity contribution >= 4 is 17.6 Å². The molecule has 4 heteroatoms. The van der Waals surface area contributed by atoms with E-state index in [2.05, 4.69) is 6.92 Å². The molecule has 0 amide bonds. The van der Waals surface area contributed by atoms with Crippen molar-refractivity contribution in [2.45, 2.75) is 34.1 Å². The van der Waals surface area contributed by atoms with Crippen LogP contribution in [0, 0.1) is 16.7 Å². The quantitative estimate of drug-likeness (QED) is 0.453. The first-order valence-electron chi connectivity index (χ1n) is 8.43. The van der Waals surface area contributed by atoms with Crippen molar-refractivity contribution in [2.75, 3.05) is 0 Å². The van der Waals surface area contributed by atoms with Crippen LogP contribution in [0.2, 0.25) is 0 Å². The van der Waals surface area contributed by atoms with Gasteiger partial charge in [-0.05, 0) is 35.2 Å². The maximum absolute atomic E-state index is 12.7. The van der Waals surface area contributed by atoms with Gasteiger partial charge in [0.1, 0.15) is 0 Å². The van der Waals surface area contributed by atoms with Crippen LogP contribution in [-0.2, 0) is 11.2 Å². The van der Waals surface area contributed by atoms with E-state index in [1.54, 1.807) is 12.1 Å².